The van der Waals surface area contributed by atoms with Gasteiger partial charge in [0, 0.05) is 5.69 Å². The average molecular weight is 302 g/mol. The molecule has 0 saturated heterocycles. The Hall–Kier alpha value is -2.27. The molecule has 0 heterocycles. The van der Waals surface area contributed by atoms with Gasteiger partial charge >= 0.3 is 0 Å². The van der Waals surface area contributed by atoms with Gasteiger partial charge in [-0.2, -0.15) is 0 Å². The Kier molecular flexibility index (Phi) is 5.40. The lowest BCUT2D eigenvalue weighted by atomic mass is 10.2. The molecule has 2 aromatic carbocycles. The number of nitrogens with one attached hydrogen (secondary N) is 1. The molecule has 21 heavy (non-hydrogen) atoms. The topological polar surface area (TPSA) is 56.5 Å². The van der Waals surface area contributed by atoms with E-state index < -0.39 is 0 Å². The van der Waals surface area contributed by atoms with Crippen molar-refractivity contribution in [3.8, 4) is 11.5 Å². The second kappa shape index (κ2) is 7.50. The fraction of sp³-hybridized carbons (Fsp3) is 0.188. The predicted molar refractivity (Wildman–Crippen MR) is 89.0 cm³/mol. The van der Waals surface area contributed by atoms with Crippen LogP contribution in [0.4, 0.5) is 5.69 Å². The minimum absolute atomic E-state index is 0.246. The quantitative estimate of drug-likeness (QED) is 0.634. The predicted octanol–water partition coefficient (Wildman–Crippen LogP) is 3.11. The van der Waals surface area contributed by atoms with Crippen LogP contribution in [0.2, 0.25) is 0 Å². The third kappa shape index (κ3) is 5.31. The molecule has 0 aliphatic rings. The molecule has 5 heteroatoms. The molecule has 0 aliphatic heterocycles. The smallest absolute Gasteiger partial charge is 0.168 e. The number of ether oxygens (including phenoxy) is 2. The normalized spacial score (nSPS) is 9.95. The van der Waals surface area contributed by atoms with Crippen LogP contribution in [0.15, 0.2) is 48.5 Å². The number of rotatable bonds is 6. The minimum Gasteiger partial charge on any atom is -0.490 e. The molecule has 0 saturated carbocycles. The molecule has 0 fully saturated rings. The highest BCUT2D eigenvalue weighted by Crippen LogP contribution is 2.16. The first-order chi connectivity index (χ1) is 10.1. The van der Waals surface area contributed by atoms with E-state index in [4.69, 9.17) is 27.4 Å². The highest BCUT2D eigenvalue weighted by molar-refractivity contribution is 7.80. The van der Waals surface area contributed by atoms with Gasteiger partial charge in [0.2, 0.25) is 0 Å². The van der Waals surface area contributed by atoms with Crippen LogP contribution in [0.1, 0.15) is 5.56 Å². The van der Waals surface area contributed by atoms with E-state index in [1.807, 2.05) is 55.5 Å². The fourth-order valence-corrected chi connectivity index (χ4v) is 1.92. The molecule has 0 spiro atoms. The van der Waals surface area contributed by atoms with E-state index in [0.717, 1.165) is 17.2 Å². The van der Waals surface area contributed by atoms with E-state index in [2.05, 4.69) is 5.32 Å². The van der Waals surface area contributed by atoms with Gasteiger partial charge in [0.25, 0.3) is 0 Å². The summed E-state index contributed by atoms with van der Waals surface area (Å²) in [6.07, 6.45) is 0. The lowest BCUT2D eigenvalue weighted by molar-refractivity contribution is 0.217. The molecule has 3 N–H and O–H groups in total. The van der Waals surface area contributed by atoms with E-state index in [-0.39, 0.29) is 5.11 Å². The summed E-state index contributed by atoms with van der Waals surface area (Å²) in [6.45, 7) is 3.01. The number of benzene rings is 2. The van der Waals surface area contributed by atoms with Crippen LogP contribution in [0.3, 0.4) is 0 Å². The van der Waals surface area contributed by atoms with Gasteiger partial charge < -0.3 is 20.5 Å². The highest BCUT2D eigenvalue weighted by Gasteiger charge is 1.98. The zero-order chi connectivity index (χ0) is 15.1. The van der Waals surface area contributed by atoms with Crippen LogP contribution in [-0.2, 0) is 0 Å². The zero-order valence-corrected chi connectivity index (χ0v) is 12.7. The maximum absolute atomic E-state index is 5.61. The molecule has 0 unspecified atom stereocenters. The van der Waals surface area contributed by atoms with Crippen LogP contribution in [0.25, 0.3) is 0 Å². The van der Waals surface area contributed by atoms with Crippen molar-refractivity contribution in [2.24, 2.45) is 5.73 Å². The van der Waals surface area contributed by atoms with Crippen LogP contribution in [-0.4, -0.2) is 18.3 Å². The molecule has 0 aromatic heterocycles. The van der Waals surface area contributed by atoms with Gasteiger partial charge in [0.1, 0.15) is 24.7 Å². The molecule has 0 amide bonds. The van der Waals surface area contributed by atoms with Crippen molar-refractivity contribution in [3.05, 3.63) is 54.1 Å². The number of hydrogen-bond acceptors (Lipinski definition) is 3. The first-order valence-electron chi connectivity index (χ1n) is 6.62. The summed E-state index contributed by atoms with van der Waals surface area (Å²) >= 11 is 4.77. The monoisotopic (exact) mass is 302 g/mol. The molecule has 2 rings (SSSR count). The number of anilines is 1. The molecule has 0 atom stereocenters. The van der Waals surface area contributed by atoms with Gasteiger partial charge in [0.15, 0.2) is 5.11 Å². The van der Waals surface area contributed by atoms with Gasteiger partial charge in [0.05, 0.1) is 0 Å². The van der Waals surface area contributed by atoms with Crippen molar-refractivity contribution in [3.63, 3.8) is 0 Å². The fourth-order valence-electron chi connectivity index (χ4n) is 1.80. The number of aryl methyl sites for hydroxylation is 1. The first kappa shape index (κ1) is 15.1. The van der Waals surface area contributed by atoms with Crippen molar-refractivity contribution in [2.45, 2.75) is 6.92 Å². The summed E-state index contributed by atoms with van der Waals surface area (Å²) in [5.41, 5.74) is 7.41. The molecular formula is C16H18N2O2S. The second-order valence-corrected chi connectivity index (χ2v) is 4.97. The Morgan fingerprint density at radius 3 is 2.33 bits per heavy atom. The Labute approximate surface area is 129 Å². The number of thiocarbonyl (C=S) groups is 1. The third-order valence-corrected chi connectivity index (χ3v) is 2.83. The van der Waals surface area contributed by atoms with Crippen LogP contribution in [0.5, 0.6) is 11.5 Å². The van der Waals surface area contributed by atoms with E-state index in [9.17, 15) is 0 Å². The van der Waals surface area contributed by atoms with E-state index in [0.29, 0.717) is 13.2 Å². The van der Waals surface area contributed by atoms with Crippen LogP contribution >= 0.6 is 12.2 Å². The molecule has 0 radical (unpaired) electrons. The molecule has 2 aromatic rings. The molecule has 110 valence electrons. The van der Waals surface area contributed by atoms with E-state index >= 15 is 0 Å². The SMILES string of the molecule is Cc1cccc(OCCOc2ccc(NC(N)=S)cc2)c1. The highest BCUT2D eigenvalue weighted by atomic mass is 32.1. The van der Waals surface area contributed by atoms with Crippen molar-refractivity contribution in [1.29, 1.82) is 0 Å². The van der Waals surface area contributed by atoms with Crippen molar-refractivity contribution >= 4 is 23.0 Å². The Morgan fingerprint density at radius 2 is 1.71 bits per heavy atom. The lowest BCUT2D eigenvalue weighted by Gasteiger charge is -2.09. The summed E-state index contributed by atoms with van der Waals surface area (Å²) in [7, 11) is 0. The number of hydrogen-bond donors (Lipinski definition) is 2. The van der Waals surface area contributed by atoms with Gasteiger partial charge in [-0.1, -0.05) is 12.1 Å². The maximum Gasteiger partial charge on any atom is 0.168 e. The Morgan fingerprint density at radius 1 is 1.05 bits per heavy atom. The Bertz CT molecular complexity index is 599. The van der Waals surface area contributed by atoms with Crippen LogP contribution in [0, 0.1) is 6.92 Å². The molecule has 0 aliphatic carbocycles. The summed E-state index contributed by atoms with van der Waals surface area (Å²) in [5.74, 6) is 1.63. The van der Waals surface area contributed by atoms with Gasteiger partial charge in [-0.05, 0) is 61.1 Å². The summed E-state index contributed by atoms with van der Waals surface area (Å²) in [6, 6.07) is 15.4. The van der Waals surface area contributed by atoms with Crippen molar-refractivity contribution in [2.75, 3.05) is 18.5 Å². The molecule has 4 nitrogen and oxygen atoms in total. The third-order valence-electron chi connectivity index (χ3n) is 2.73. The average Bonchev–Trinajstić information content (AvgIpc) is 2.45. The van der Waals surface area contributed by atoms with Crippen molar-refractivity contribution in [1.82, 2.24) is 0 Å². The van der Waals surface area contributed by atoms with Crippen LogP contribution < -0.4 is 20.5 Å². The first-order valence-corrected chi connectivity index (χ1v) is 7.03. The molecule has 0 bridgehead atoms. The lowest BCUT2D eigenvalue weighted by Crippen LogP contribution is -2.18. The Balaban J connectivity index is 1.74. The van der Waals surface area contributed by atoms with Gasteiger partial charge in [-0.3, -0.25) is 0 Å². The maximum atomic E-state index is 5.61. The minimum atomic E-state index is 0.246. The summed E-state index contributed by atoms with van der Waals surface area (Å²) < 4.78 is 11.2. The van der Waals surface area contributed by atoms with Gasteiger partial charge in [-0.15, -0.1) is 0 Å². The largest absolute Gasteiger partial charge is 0.490 e. The van der Waals surface area contributed by atoms with E-state index in [1.165, 1.54) is 5.56 Å². The summed E-state index contributed by atoms with van der Waals surface area (Å²) in [5, 5.41) is 3.10. The zero-order valence-electron chi connectivity index (χ0n) is 11.8. The molecular weight excluding hydrogens is 284 g/mol. The summed E-state index contributed by atoms with van der Waals surface area (Å²) in [4.78, 5) is 0. The standard InChI is InChI=1S/C16H18N2O2S/c1-12-3-2-4-15(11-12)20-10-9-19-14-7-5-13(6-8-14)18-16(17)21/h2-8,11H,9-10H2,1H3,(H3,17,18,21). The second-order valence-electron chi connectivity index (χ2n) is 4.53. The van der Waals surface area contributed by atoms with E-state index in [1.54, 1.807) is 0 Å². The number of nitrogens with two attached hydrogens (primary N) is 1. The van der Waals surface area contributed by atoms with Crippen molar-refractivity contribution < 1.29 is 9.47 Å². The van der Waals surface area contributed by atoms with Gasteiger partial charge in [-0.25, -0.2) is 0 Å².